The highest BCUT2D eigenvalue weighted by atomic mass is 19.4. The molecule has 0 aromatic carbocycles. The molecule has 8 heteroatoms. The van der Waals surface area contributed by atoms with Gasteiger partial charge in [0.15, 0.2) is 5.69 Å². The number of aromatic nitrogens is 2. The maximum atomic E-state index is 12.8. The number of rotatable bonds is 2. The molecule has 1 N–H and O–H groups in total. The predicted octanol–water partition coefficient (Wildman–Crippen LogP) is 2.06. The lowest BCUT2D eigenvalue weighted by atomic mass is 9.78. The summed E-state index contributed by atoms with van der Waals surface area (Å²) in [5.41, 5.74) is -2.17. The van der Waals surface area contributed by atoms with Gasteiger partial charge in [0.2, 0.25) is 0 Å². The van der Waals surface area contributed by atoms with Crippen molar-refractivity contribution in [3.8, 4) is 0 Å². The number of imidazole rings is 1. The topological polar surface area (TPSA) is 58.4 Å². The molecule has 2 heterocycles. The number of hydrogen-bond acceptors (Lipinski definition) is 3. The van der Waals surface area contributed by atoms with Crippen molar-refractivity contribution < 1.29 is 23.1 Å². The molecule has 1 aromatic rings. The summed E-state index contributed by atoms with van der Waals surface area (Å²) in [6, 6.07) is 0. The third kappa shape index (κ3) is 2.96. The van der Waals surface area contributed by atoms with Crippen LogP contribution in [-0.2, 0) is 18.0 Å². The first-order valence-electron chi connectivity index (χ1n) is 7.83. The standard InChI is InChI=1S/C15H20F3N3O2/c1-20-9-11(15(16,17)18)19-12(20)10-4-2-7-21(8-10)13(22)14(23)5-3-6-14/h9-10,23H,2-8H2,1H3/t10-/m1/s1. The van der Waals surface area contributed by atoms with Crippen molar-refractivity contribution in [2.75, 3.05) is 13.1 Å². The lowest BCUT2D eigenvalue weighted by Gasteiger charge is -2.42. The van der Waals surface area contributed by atoms with Gasteiger partial charge in [0.25, 0.3) is 5.91 Å². The number of aliphatic hydroxyl groups is 1. The second-order valence-corrected chi connectivity index (χ2v) is 6.57. The molecular formula is C15H20F3N3O2. The van der Waals surface area contributed by atoms with E-state index in [1.807, 2.05) is 0 Å². The number of carbonyl (C=O) groups excluding carboxylic acids is 1. The monoisotopic (exact) mass is 331 g/mol. The first-order valence-corrected chi connectivity index (χ1v) is 7.83. The van der Waals surface area contributed by atoms with Crippen LogP contribution in [0.3, 0.4) is 0 Å². The largest absolute Gasteiger partial charge is 0.434 e. The maximum absolute atomic E-state index is 12.8. The number of carbonyl (C=O) groups is 1. The van der Waals surface area contributed by atoms with Gasteiger partial charge in [0.05, 0.1) is 0 Å². The Hall–Kier alpha value is -1.57. The Bertz CT molecular complexity index is 608. The number of halogens is 3. The summed E-state index contributed by atoms with van der Waals surface area (Å²) in [4.78, 5) is 17.7. The highest BCUT2D eigenvalue weighted by Crippen LogP contribution is 2.36. The van der Waals surface area contributed by atoms with Crippen LogP contribution in [0, 0.1) is 0 Å². The van der Waals surface area contributed by atoms with Gasteiger partial charge in [-0.2, -0.15) is 13.2 Å². The number of aryl methyl sites for hydroxylation is 1. The van der Waals surface area contributed by atoms with E-state index < -0.39 is 17.5 Å². The normalized spacial score (nSPS) is 24.4. The van der Waals surface area contributed by atoms with Crippen molar-refractivity contribution >= 4 is 5.91 Å². The Balaban J connectivity index is 1.76. The highest BCUT2D eigenvalue weighted by Gasteiger charge is 2.45. The van der Waals surface area contributed by atoms with Gasteiger partial charge in [-0.3, -0.25) is 4.79 Å². The fourth-order valence-corrected chi connectivity index (χ4v) is 3.39. The molecule has 0 bridgehead atoms. The van der Waals surface area contributed by atoms with E-state index in [0.29, 0.717) is 44.6 Å². The van der Waals surface area contributed by atoms with Crippen LogP contribution in [0.2, 0.25) is 0 Å². The Morgan fingerprint density at radius 1 is 1.39 bits per heavy atom. The average Bonchev–Trinajstić information content (AvgIpc) is 2.86. The molecule has 3 rings (SSSR count). The van der Waals surface area contributed by atoms with Crippen LogP contribution in [0.1, 0.15) is 49.5 Å². The molecule has 23 heavy (non-hydrogen) atoms. The molecule has 1 saturated carbocycles. The Morgan fingerprint density at radius 3 is 2.61 bits per heavy atom. The minimum Gasteiger partial charge on any atom is -0.380 e. The molecule has 1 atom stereocenters. The van der Waals surface area contributed by atoms with E-state index >= 15 is 0 Å². The molecule has 5 nitrogen and oxygen atoms in total. The van der Waals surface area contributed by atoms with Crippen LogP contribution in [-0.4, -0.2) is 44.2 Å². The first kappa shape index (κ1) is 16.3. The predicted molar refractivity (Wildman–Crippen MR) is 75.6 cm³/mol. The molecular weight excluding hydrogens is 311 g/mol. The molecule has 1 aliphatic heterocycles. The van der Waals surface area contributed by atoms with Gasteiger partial charge in [-0.25, -0.2) is 4.98 Å². The van der Waals surface area contributed by atoms with Gasteiger partial charge in [-0.15, -0.1) is 0 Å². The summed E-state index contributed by atoms with van der Waals surface area (Å²) in [5.74, 6) is -0.188. The number of likely N-dealkylation sites (tertiary alicyclic amines) is 1. The van der Waals surface area contributed by atoms with Gasteiger partial charge in [0.1, 0.15) is 11.4 Å². The van der Waals surface area contributed by atoms with Crippen LogP contribution >= 0.6 is 0 Å². The van der Waals surface area contributed by atoms with E-state index in [0.717, 1.165) is 12.6 Å². The van der Waals surface area contributed by atoms with E-state index in [9.17, 15) is 23.1 Å². The fraction of sp³-hybridized carbons (Fsp3) is 0.733. The smallest absolute Gasteiger partial charge is 0.380 e. The van der Waals surface area contributed by atoms with E-state index in [1.165, 1.54) is 11.6 Å². The number of piperidine rings is 1. The Kier molecular flexibility index (Phi) is 3.90. The third-order valence-corrected chi connectivity index (χ3v) is 4.86. The lowest BCUT2D eigenvalue weighted by Crippen LogP contribution is -2.55. The van der Waals surface area contributed by atoms with Crippen LogP contribution < -0.4 is 0 Å². The highest BCUT2D eigenvalue weighted by molar-refractivity contribution is 5.86. The molecule has 128 valence electrons. The molecule has 0 radical (unpaired) electrons. The van der Waals surface area contributed by atoms with E-state index in [-0.39, 0.29) is 11.8 Å². The van der Waals surface area contributed by atoms with Gasteiger partial charge in [-0.1, -0.05) is 0 Å². The number of amides is 1. The van der Waals surface area contributed by atoms with Gasteiger partial charge in [-0.05, 0) is 32.1 Å². The number of hydrogen-bond donors (Lipinski definition) is 1. The summed E-state index contributed by atoms with van der Waals surface area (Å²) < 4.78 is 39.8. The second kappa shape index (κ2) is 5.51. The van der Waals surface area contributed by atoms with E-state index in [1.54, 1.807) is 4.90 Å². The molecule has 1 aliphatic carbocycles. The average molecular weight is 331 g/mol. The van der Waals surface area contributed by atoms with Crippen LogP contribution in [0.4, 0.5) is 13.2 Å². The second-order valence-electron chi connectivity index (χ2n) is 6.57. The van der Waals surface area contributed by atoms with E-state index in [2.05, 4.69) is 4.98 Å². The van der Waals surface area contributed by atoms with Gasteiger partial charge < -0.3 is 14.6 Å². The molecule has 2 fully saturated rings. The summed E-state index contributed by atoms with van der Waals surface area (Å²) in [7, 11) is 1.54. The minimum atomic E-state index is -4.47. The van der Waals surface area contributed by atoms with Crippen LogP contribution in [0.25, 0.3) is 0 Å². The summed E-state index contributed by atoms with van der Waals surface area (Å²) in [6.07, 6.45) is -0.350. The summed E-state index contributed by atoms with van der Waals surface area (Å²) in [6.45, 7) is 0.845. The zero-order valence-corrected chi connectivity index (χ0v) is 12.9. The number of nitrogens with zero attached hydrogens (tertiary/aromatic N) is 3. The quantitative estimate of drug-likeness (QED) is 0.902. The van der Waals surface area contributed by atoms with Gasteiger partial charge in [0, 0.05) is 32.3 Å². The zero-order chi connectivity index (χ0) is 16.8. The van der Waals surface area contributed by atoms with Crippen molar-refractivity contribution in [1.82, 2.24) is 14.5 Å². The Labute approximate surface area is 132 Å². The summed E-state index contributed by atoms with van der Waals surface area (Å²) in [5, 5.41) is 10.2. The maximum Gasteiger partial charge on any atom is 0.434 e. The van der Waals surface area contributed by atoms with Crippen molar-refractivity contribution in [3.05, 3.63) is 17.7 Å². The summed E-state index contributed by atoms with van der Waals surface area (Å²) >= 11 is 0. The van der Waals surface area contributed by atoms with Crippen molar-refractivity contribution in [2.45, 2.75) is 49.8 Å². The lowest BCUT2D eigenvalue weighted by molar-refractivity contribution is -0.161. The molecule has 1 saturated heterocycles. The molecule has 1 amide bonds. The first-order chi connectivity index (χ1) is 10.7. The number of alkyl halides is 3. The zero-order valence-electron chi connectivity index (χ0n) is 12.9. The van der Waals surface area contributed by atoms with Crippen LogP contribution in [0.5, 0.6) is 0 Å². The molecule has 1 aromatic heterocycles. The van der Waals surface area contributed by atoms with Crippen LogP contribution in [0.15, 0.2) is 6.20 Å². The molecule has 0 spiro atoms. The van der Waals surface area contributed by atoms with Crippen molar-refractivity contribution in [1.29, 1.82) is 0 Å². The fourth-order valence-electron chi connectivity index (χ4n) is 3.39. The third-order valence-electron chi connectivity index (χ3n) is 4.86. The van der Waals surface area contributed by atoms with E-state index in [4.69, 9.17) is 0 Å². The minimum absolute atomic E-state index is 0.238. The van der Waals surface area contributed by atoms with Gasteiger partial charge >= 0.3 is 6.18 Å². The van der Waals surface area contributed by atoms with Crippen molar-refractivity contribution in [3.63, 3.8) is 0 Å². The SMILES string of the molecule is Cn1cc(C(F)(F)F)nc1[C@@H]1CCCN(C(=O)C2(O)CCC2)C1. The van der Waals surface area contributed by atoms with Crippen molar-refractivity contribution in [2.24, 2.45) is 7.05 Å². The molecule has 2 aliphatic rings. The Morgan fingerprint density at radius 2 is 2.09 bits per heavy atom. The molecule has 0 unspecified atom stereocenters.